The minimum atomic E-state index is -1.04. The van der Waals surface area contributed by atoms with Crippen LogP contribution < -0.4 is 10.2 Å². The van der Waals surface area contributed by atoms with Gasteiger partial charge in [-0.2, -0.15) is 0 Å². The van der Waals surface area contributed by atoms with Gasteiger partial charge >= 0.3 is 6.09 Å². The summed E-state index contributed by atoms with van der Waals surface area (Å²) < 4.78 is 17.2. The highest BCUT2D eigenvalue weighted by Gasteiger charge is 2.34. The van der Waals surface area contributed by atoms with Crippen LogP contribution in [-0.2, 0) is 14.3 Å². The number of hydrogen-bond acceptors (Lipinski definition) is 6. The lowest BCUT2D eigenvalue weighted by molar-refractivity contribution is -0.186. The van der Waals surface area contributed by atoms with Crippen LogP contribution in [0.2, 0.25) is 0 Å². The molecule has 2 atom stereocenters. The number of ether oxygens (including phenoxy) is 3. The minimum absolute atomic E-state index is 0.114. The van der Waals surface area contributed by atoms with Crippen molar-refractivity contribution in [3.8, 4) is 5.75 Å². The van der Waals surface area contributed by atoms with Crippen LogP contribution in [0.1, 0.15) is 56.0 Å². The average Bonchev–Trinajstić information content (AvgIpc) is 3.00. The third-order valence-corrected chi connectivity index (χ3v) is 7.45. The molecule has 3 aromatic rings. The van der Waals surface area contributed by atoms with Gasteiger partial charge in [0.15, 0.2) is 6.29 Å². The largest absolute Gasteiger partial charge is 0.489 e. The fourth-order valence-corrected chi connectivity index (χ4v) is 5.07. The summed E-state index contributed by atoms with van der Waals surface area (Å²) in [5.74, 6) is 0.345. The Balaban J connectivity index is 1.56. The van der Waals surface area contributed by atoms with E-state index in [4.69, 9.17) is 19.0 Å². The first-order valence-electron chi connectivity index (χ1n) is 14.6. The number of hydroxylamine groups is 1. The number of nitrogens with one attached hydrogen (secondary N) is 1. The smallest absolute Gasteiger partial charge is 0.407 e. The molecule has 0 aliphatic carbocycles. The third-order valence-electron chi connectivity index (χ3n) is 7.45. The summed E-state index contributed by atoms with van der Waals surface area (Å²) in [4.78, 5) is 32.0. The normalized spacial score (nSPS) is 16.5. The number of nitrogens with zero attached hydrogens (tertiary/aromatic N) is 1. The topological polar surface area (TPSA) is 107 Å². The van der Waals surface area contributed by atoms with E-state index in [1.807, 2.05) is 81.4 Å². The summed E-state index contributed by atoms with van der Waals surface area (Å²) >= 11 is 0. The van der Waals surface area contributed by atoms with Crippen LogP contribution in [-0.4, -0.2) is 67.8 Å². The summed E-state index contributed by atoms with van der Waals surface area (Å²) in [6.45, 7) is 7.14. The Bertz CT molecular complexity index is 1390. The van der Waals surface area contributed by atoms with E-state index in [9.17, 15) is 14.7 Å². The van der Waals surface area contributed by atoms with E-state index in [0.29, 0.717) is 17.9 Å². The van der Waals surface area contributed by atoms with Gasteiger partial charge in [-0.05, 0) is 53.0 Å². The summed E-state index contributed by atoms with van der Waals surface area (Å²) in [5, 5.41) is 12.3. The predicted octanol–water partition coefficient (Wildman–Crippen LogP) is 6.53. The molecule has 4 rings (SSSR count). The lowest BCUT2D eigenvalue weighted by Crippen LogP contribution is -2.50. The van der Waals surface area contributed by atoms with Crippen molar-refractivity contribution in [3.05, 3.63) is 83.4 Å². The van der Waals surface area contributed by atoms with E-state index in [1.54, 1.807) is 19.2 Å². The highest BCUT2D eigenvalue weighted by Crippen LogP contribution is 2.28. The molecular weight excluding hydrogens is 548 g/mol. The number of fused-ring (bicyclic) bond motifs is 1. The van der Waals surface area contributed by atoms with Gasteiger partial charge in [0.25, 0.3) is 5.91 Å². The van der Waals surface area contributed by atoms with Gasteiger partial charge in [0.05, 0.1) is 12.6 Å². The number of carboxylic acid groups (broad SMARTS) is 1. The van der Waals surface area contributed by atoms with E-state index in [2.05, 4.69) is 5.48 Å². The minimum Gasteiger partial charge on any atom is -0.489 e. The summed E-state index contributed by atoms with van der Waals surface area (Å²) in [7, 11) is 1.57. The van der Waals surface area contributed by atoms with Crippen molar-refractivity contribution < 1.29 is 33.7 Å². The monoisotopic (exact) mass is 590 g/mol. The number of hydrogen-bond donors (Lipinski definition) is 2. The Kier molecular flexibility index (Phi) is 11.2. The molecule has 1 aliphatic rings. The fourth-order valence-electron chi connectivity index (χ4n) is 5.07. The van der Waals surface area contributed by atoms with Crippen LogP contribution >= 0.6 is 0 Å². The van der Waals surface area contributed by atoms with Gasteiger partial charge in [-0.15, -0.1) is 0 Å². The van der Waals surface area contributed by atoms with Gasteiger partial charge in [0.2, 0.25) is 0 Å². The Morgan fingerprint density at radius 3 is 2.49 bits per heavy atom. The molecule has 1 heterocycles. The average molecular weight is 591 g/mol. The SMILES string of the molecule is COCC(N(CC(=Cc1ccc(C(=O)NOC2CCCCO2)cc1)COc1cccc2ccccc12)C(=O)O)C(C)(C)C. The zero-order valence-electron chi connectivity index (χ0n) is 25.4. The maximum absolute atomic E-state index is 12.6. The van der Waals surface area contributed by atoms with Gasteiger partial charge in [0.1, 0.15) is 12.4 Å². The van der Waals surface area contributed by atoms with Crippen LogP contribution in [0.15, 0.2) is 72.3 Å². The number of rotatable bonds is 12. The van der Waals surface area contributed by atoms with E-state index in [0.717, 1.165) is 41.2 Å². The van der Waals surface area contributed by atoms with Crippen molar-refractivity contribution in [2.24, 2.45) is 5.41 Å². The molecule has 0 bridgehead atoms. The van der Waals surface area contributed by atoms with Crippen molar-refractivity contribution in [2.45, 2.75) is 52.4 Å². The second-order valence-corrected chi connectivity index (χ2v) is 11.8. The number of methoxy groups -OCH3 is 1. The number of carbonyl (C=O) groups excluding carboxylic acids is 1. The fraction of sp³-hybridized carbons (Fsp3) is 0.412. The molecule has 3 aromatic carbocycles. The van der Waals surface area contributed by atoms with E-state index >= 15 is 0 Å². The first-order valence-corrected chi connectivity index (χ1v) is 14.6. The molecule has 43 heavy (non-hydrogen) atoms. The summed E-state index contributed by atoms with van der Waals surface area (Å²) in [5.41, 5.74) is 4.09. The van der Waals surface area contributed by atoms with Crippen molar-refractivity contribution in [3.63, 3.8) is 0 Å². The molecule has 9 nitrogen and oxygen atoms in total. The zero-order valence-corrected chi connectivity index (χ0v) is 25.4. The molecule has 1 saturated heterocycles. The number of carbonyl (C=O) groups is 2. The van der Waals surface area contributed by atoms with Crippen molar-refractivity contribution >= 4 is 28.8 Å². The van der Waals surface area contributed by atoms with Gasteiger partial charge < -0.3 is 19.3 Å². The van der Waals surface area contributed by atoms with Crippen molar-refractivity contribution in [1.82, 2.24) is 10.4 Å². The molecule has 1 fully saturated rings. The second-order valence-electron chi connectivity index (χ2n) is 11.8. The maximum atomic E-state index is 12.6. The summed E-state index contributed by atoms with van der Waals surface area (Å²) in [6, 6.07) is 20.5. The molecule has 0 radical (unpaired) electrons. The molecule has 2 N–H and O–H groups in total. The van der Waals surface area contributed by atoms with Crippen LogP contribution in [0.25, 0.3) is 16.8 Å². The molecule has 9 heteroatoms. The first kappa shape index (κ1) is 32.0. The van der Waals surface area contributed by atoms with Gasteiger partial charge in [-0.25, -0.2) is 15.1 Å². The summed E-state index contributed by atoms with van der Waals surface area (Å²) in [6.07, 6.45) is 3.15. The lowest BCUT2D eigenvalue weighted by Gasteiger charge is -2.38. The third kappa shape index (κ3) is 9.03. The molecule has 2 unspecified atom stereocenters. The Morgan fingerprint density at radius 1 is 1.07 bits per heavy atom. The second kappa shape index (κ2) is 15.0. The number of benzene rings is 3. The van der Waals surface area contributed by atoms with Crippen LogP contribution in [0.3, 0.4) is 0 Å². The maximum Gasteiger partial charge on any atom is 0.407 e. The van der Waals surface area contributed by atoms with Crippen LogP contribution in [0, 0.1) is 5.41 Å². The quantitative estimate of drug-likeness (QED) is 0.231. The highest BCUT2D eigenvalue weighted by molar-refractivity contribution is 5.93. The molecular formula is C34H42N2O7. The van der Waals surface area contributed by atoms with Crippen molar-refractivity contribution in [2.75, 3.05) is 33.5 Å². The van der Waals surface area contributed by atoms with E-state index < -0.39 is 18.4 Å². The molecule has 0 aromatic heterocycles. The van der Waals surface area contributed by atoms with E-state index in [1.165, 1.54) is 4.90 Å². The zero-order chi connectivity index (χ0) is 30.8. The standard InChI is InChI=1S/C34H42N2O7/c1-34(2,3)30(23-40-4)36(33(38)39)21-25(22-42-29-13-9-11-26-10-5-6-12-28(26)29)20-24-15-17-27(18-16-24)32(37)35-43-31-14-7-8-19-41-31/h5-6,9-13,15-18,20,30-31H,7-8,14,19,21-23H2,1-4H3,(H,35,37)(H,38,39). The highest BCUT2D eigenvalue weighted by atomic mass is 16.8. The Morgan fingerprint density at radius 2 is 1.81 bits per heavy atom. The molecule has 1 aliphatic heterocycles. The number of amides is 2. The van der Waals surface area contributed by atoms with Crippen molar-refractivity contribution in [1.29, 1.82) is 0 Å². The predicted molar refractivity (Wildman–Crippen MR) is 166 cm³/mol. The first-order chi connectivity index (χ1) is 20.7. The molecule has 230 valence electrons. The molecule has 2 amide bonds. The van der Waals surface area contributed by atoms with Gasteiger partial charge in [-0.1, -0.05) is 75.4 Å². The van der Waals surface area contributed by atoms with Gasteiger partial charge in [-0.3, -0.25) is 9.69 Å². The molecule has 0 spiro atoms. The molecule has 0 saturated carbocycles. The van der Waals surface area contributed by atoms with Crippen LogP contribution in [0.5, 0.6) is 5.75 Å². The van der Waals surface area contributed by atoms with Crippen LogP contribution in [0.4, 0.5) is 4.79 Å². The Labute approximate surface area is 253 Å². The lowest BCUT2D eigenvalue weighted by atomic mass is 9.86. The van der Waals surface area contributed by atoms with Gasteiger partial charge in [0, 0.05) is 37.6 Å². The van der Waals surface area contributed by atoms with E-state index in [-0.39, 0.29) is 31.1 Å². The Hall–Kier alpha value is -3.92.